The fraction of sp³-hybridized carbons (Fsp3) is 0.632. The maximum atomic E-state index is 12.4. The minimum Gasteiger partial charge on any atom is -0.375 e. The highest BCUT2D eigenvalue weighted by Crippen LogP contribution is 2.16. The van der Waals surface area contributed by atoms with Gasteiger partial charge >= 0.3 is 0 Å². The van der Waals surface area contributed by atoms with Crippen molar-refractivity contribution in [3.8, 4) is 0 Å². The molecule has 3 N–H and O–H groups in total. The molecular formula is C19H33Cl2N3O2. The van der Waals surface area contributed by atoms with Crippen molar-refractivity contribution in [1.82, 2.24) is 10.2 Å². The summed E-state index contributed by atoms with van der Waals surface area (Å²) < 4.78 is 5.80. The zero-order chi connectivity index (χ0) is 17.4. The van der Waals surface area contributed by atoms with E-state index in [1.165, 1.54) is 5.56 Å². The summed E-state index contributed by atoms with van der Waals surface area (Å²) >= 11 is 0. The van der Waals surface area contributed by atoms with E-state index < -0.39 is 0 Å². The molecule has 0 aliphatic carbocycles. The Kier molecular flexibility index (Phi) is 12.1. The van der Waals surface area contributed by atoms with Crippen molar-refractivity contribution in [1.29, 1.82) is 0 Å². The molecule has 1 aromatic carbocycles. The quantitative estimate of drug-likeness (QED) is 0.697. The third-order valence-corrected chi connectivity index (χ3v) is 5.03. The predicted molar refractivity (Wildman–Crippen MR) is 111 cm³/mol. The third kappa shape index (κ3) is 7.41. The number of hydrogen-bond donors (Lipinski definition) is 2. The first-order valence-corrected chi connectivity index (χ1v) is 8.99. The van der Waals surface area contributed by atoms with Crippen LogP contribution in [0.15, 0.2) is 30.3 Å². The summed E-state index contributed by atoms with van der Waals surface area (Å²) in [7, 11) is 0. The number of carbonyl (C=O) groups is 1. The summed E-state index contributed by atoms with van der Waals surface area (Å²) in [4.78, 5) is 14.8. The van der Waals surface area contributed by atoms with Gasteiger partial charge < -0.3 is 15.8 Å². The van der Waals surface area contributed by atoms with Crippen LogP contribution in [-0.4, -0.2) is 48.7 Å². The van der Waals surface area contributed by atoms with Gasteiger partial charge in [-0.25, -0.2) is 0 Å². The van der Waals surface area contributed by atoms with Crippen molar-refractivity contribution in [3.63, 3.8) is 0 Å². The summed E-state index contributed by atoms with van der Waals surface area (Å²) in [6.07, 6.45) is 2.04. The second kappa shape index (κ2) is 12.5. The molecule has 0 bridgehead atoms. The number of carbonyl (C=O) groups excluding carboxylic acids is 1. The number of rotatable bonds is 8. The first-order valence-electron chi connectivity index (χ1n) is 8.99. The van der Waals surface area contributed by atoms with Crippen LogP contribution in [0.3, 0.4) is 0 Å². The molecule has 0 aromatic heterocycles. The molecule has 0 radical (unpaired) electrons. The monoisotopic (exact) mass is 405 g/mol. The standard InChI is InChI=1S/C19H31N3O2.2ClH/c1-3-19(4-2,15-20)21-18(23)12-17-14-22(10-11-24-17)13-16-8-6-5-7-9-16;;/h5-9,17H,3-4,10-15,20H2,1-2H3,(H,21,23);2*1H. The highest BCUT2D eigenvalue weighted by molar-refractivity contribution is 5.85. The molecule has 1 aliphatic rings. The maximum absolute atomic E-state index is 12.4. The summed E-state index contributed by atoms with van der Waals surface area (Å²) in [5, 5.41) is 3.13. The number of ether oxygens (including phenoxy) is 1. The van der Waals surface area contributed by atoms with Gasteiger partial charge in [0.1, 0.15) is 0 Å². The molecule has 1 unspecified atom stereocenters. The van der Waals surface area contributed by atoms with Crippen molar-refractivity contribution in [2.24, 2.45) is 5.73 Å². The Hall–Kier alpha value is -0.850. The molecule has 1 aliphatic heterocycles. The Labute approximate surface area is 169 Å². The molecule has 26 heavy (non-hydrogen) atoms. The van der Waals surface area contributed by atoms with Crippen LogP contribution in [0.4, 0.5) is 0 Å². The van der Waals surface area contributed by atoms with E-state index >= 15 is 0 Å². The van der Waals surface area contributed by atoms with Crippen LogP contribution in [0.25, 0.3) is 0 Å². The van der Waals surface area contributed by atoms with Crippen molar-refractivity contribution in [2.75, 3.05) is 26.2 Å². The fourth-order valence-electron chi connectivity index (χ4n) is 3.21. The Bertz CT molecular complexity index is 505. The Morgan fingerprint density at radius 2 is 1.92 bits per heavy atom. The first kappa shape index (κ1) is 25.1. The van der Waals surface area contributed by atoms with E-state index in [-0.39, 0.29) is 42.4 Å². The van der Waals surface area contributed by atoms with E-state index in [0.29, 0.717) is 19.6 Å². The van der Waals surface area contributed by atoms with Crippen LogP contribution in [0.1, 0.15) is 38.7 Å². The highest BCUT2D eigenvalue weighted by Gasteiger charge is 2.29. The van der Waals surface area contributed by atoms with E-state index in [9.17, 15) is 4.79 Å². The first-order chi connectivity index (χ1) is 11.6. The number of hydrogen-bond acceptors (Lipinski definition) is 4. The molecule has 1 amide bonds. The summed E-state index contributed by atoms with van der Waals surface area (Å²) in [5.74, 6) is 0.0377. The topological polar surface area (TPSA) is 67.6 Å². The van der Waals surface area contributed by atoms with E-state index in [0.717, 1.165) is 32.5 Å². The van der Waals surface area contributed by atoms with Gasteiger partial charge in [0.25, 0.3) is 0 Å². The Morgan fingerprint density at radius 1 is 1.27 bits per heavy atom. The number of nitrogens with zero attached hydrogens (tertiary/aromatic N) is 1. The van der Waals surface area contributed by atoms with Crippen molar-refractivity contribution in [2.45, 2.75) is 51.3 Å². The lowest BCUT2D eigenvalue weighted by Gasteiger charge is -2.35. The van der Waals surface area contributed by atoms with Gasteiger partial charge in [0, 0.05) is 26.2 Å². The van der Waals surface area contributed by atoms with E-state index in [1.54, 1.807) is 0 Å². The van der Waals surface area contributed by atoms with E-state index in [2.05, 4.69) is 48.3 Å². The van der Waals surface area contributed by atoms with Gasteiger partial charge in [0.2, 0.25) is 5.91 Å². The van der Waals surface area contributed by atoms with Gasteiger partial charge in [-0.15, -0.1) is 24.8 Å². The van der Waals surface area contributed by atoms with Crippen molar-refractivity contribution >= 4 is 30.7 Å². The second-order valence-corrected chi connectivity index (χ2v) is 6.66. The lowest BCUT2D eigenvalue weighted by molar-refractivity contribution is -0.128. The molecule has 1 saturated heterocycles. The minimum absolute atomic E-state index is 0. The summed E-state index contributed by atoms with van der Waals surface area (Å²) in [6.45, 7) is 7.87. The molecule has 0 saturated carbocycles. The average Bonchev–Trinajstić information content (AvgIpc) is 2.61. The zero-order valence-corrected chi connectivity index (χ0v) is 17.4. The molecule has 1 heterocycles. The van der Waals surface area contributed by atoms with Crippen LogP contribution >= 0.6 is 24.8 Å². The van der Waals surface area contributed by atoms with Crippen LogP contribution in [0, 0.1) is 0 Å². The number of halogens is 2. The molecule has 5 nitrogen and oxygen atoms in total. The number of morpholine rings is 1. The molecule has 2 rings (SSSR count). The Balaban J connectivity index is 0.00000312. The average molecular weight is 406 g/mol. The minimum atomic E-state index is -0.282. The summed E-state index contributed by atoms with van der Waals surface area (Å²) in [6, 6.07) is 10.4. The molecular weight excluding hydrogens is 373 g/mol. The normalized spacial score (nSPS) is 17.7. The number of nitrogens with two attached hydrogens (primary N) is 1. The van der Waals surface area contributed by atoms with E-state index in [4.69, 9.17) is 10.5 Å². The lowest BCUT2D eigenvalue weighted by atomic mass is 9.92. The van der Waals surface area contributed by atoms with Crippen LogP contribution < -0.4 is 11.1 Å². The van der Waals surface area contributed by atoms with Gasteiger partial charge in [-0.3, -0.25) is 9.69 Å². The highest BCUT2D eigenvalue weighted by atomic mass is 35.5. The van der Waals surface area contributed by atoms with Crippen molar-refractivity contribution < 1.29 is 9.53 Å². The van der Waals surface area contributed by atoms with Gasteiger partial charge in [-0.1, -0.05) is 44.2 Å². The van der Waals surface area contributed by atoms with Crippen LogP contribution in [-0.2, 0) is 16.1 Å². The molecule has 1 aromatic rings. The van der Waals surface area contributed by atoms with Gasteiger partial charge in [-0.05, 0) is 18.4 Å². The predicted octanol–water partition coefficient (Wildman–Crippen LogP) is 2.75. The smallest absolute Gasteiger partial charge is 0.223 e. The van der Waals surface area contributed by atoms with Crippen LogP contribution in [0.5, 0.6) is 0 Å². The number of nitrogens with one attached hydrogen (secondary N) is 1. The number of benzene rings is 1. The summed E-state index contributed by atoms with van der Waals surface area (Å²) in [5.41, 5.74) is 6.88. The molecule has 150 valence electrons. The largest absolute Gasteiger partial charge is 0.375 e. The fourth-order valence-corrected chi connectivity index (χ4v) is 3.21. The molecule has 0 spiro atoms. The SMILES string of the molecule is CCC(CC)(CN)NC(=O)CC1CN(Cc2ccccc2)CCO1.Cl.Cl. The van der Waals surface area contributed by atoms with E-state index in [1.807, 2.05) is 6.07 Å². The zero-order valence-electron chi connectivity index (χ0n) is 15.8. The maximum Gasteiger partial charge on any atom is 0.223 e. The molecule has 1 atom stereocenters. The van der Waals surface area contributed by atoms with Gasteiger partial charge in [-0.2, -0.15) is 0 Å². The number of amides is 1. The third-order valence-electron chi connectivity index (χ3n) is 5.03. The molecule has 1 fully saturated rings. The van der Waals surface area contributed by atoms with Crippen molar-refractivity contribution in [3.05, 3.63) is 35.9 Å². The van der Waals surface area contributed by atoms with Gasteiger partial charge in [0.15, 0.2) is 0 Å². The lowest BCUT2D eigenvalue weighted by Crippen LogP contribution is -2.54. The van der Waals surface area contributed by atoms with Gasteiger partial charge in [0.05, 0.1) is 24.7 Å². The second-order valence-electron chi connectivity index (χ2n) is 6.66. The van der Waals surface area contributed by atoms with Crippen LogP contribution in [0.2, 0.25) is 0 Å². The molecule has 7 heteroatoms. The Morgan fingerprint density at radius 3 is 2.50 bits per heavy atom.